The van der Waals surface area contributed by atoms with Gasteiger partial charge in [0.05, 0.1) is 23.4 Å². The van der Waals surface area contributed by atoms with E-state index < -0.39 is 52.1 Å². The standard InChI is InChI=1S/C22H21F4N3O2S/c23-15-10-14(8-9-17(15)32-22(24,25)26)19(12-6-7-12)29-21(31)16-11-18(30)28-20(27-16)13-4-2-1-3-5-13/h1-5,8-10,12,16,19-20,27H,6-7,11H2,(H,28,30)(H,29,31)/t16?,19-,20?/m1/s1. The molecule has 4 rings (SSSR count). The van der Waals surface area contributed by atoms with E-state index in [4.69, 9.17) is 0 Å². The number of hydrogen-bond acceptors (Lipinski definition) is 4. The van der Waals surface area contributed by atoms with Gasteiger partial charge in [-0.3, -0.25) is 14.9 Å². The monoisotopic (exact) mass is 467 g/mol. The van der Waals surface area contributed by atoms with Crippen LogP contribution in [0.2, 0.25) is 0 Å². The molecule has 1 saturated carbocycles. The second kappa shape index (κ2) is 9.11. The first-order valence-corrected chi connectivity index (χ1v) is 11.0. The summed E-state index contributed by atoms with van der Waals surface area (Å²) < 4.78 is 52.1. The number of carbonyl (C=O) groups excluding carboxylic acids is 2. The Labute approximate surface area is 186 Å². The maximum Gasteiger partial charge on any atom is 0.446 e. The van der Waals surface area contributed by atoms with Crippen molar-refractivity contribution in [3.05, 3.63) is 65.5 Å². The molecule has 170 valence electrons. The summed E-state index contributed by atoms with van der Waals surface area (Å²) in [4.78, 5) is 24.6. The van der Waals surface area contributed by atoms with Crippen LogP contribution in [0.3, 0.4) is 0 Å². The minimum absolute atomic E-state index is 0.0535. The Morgan fingerprint density at radius 1 is 1.12 bits per heavy atom. The minimum Gasteiger partial charge on any atom is -0.348 e. The van der Waals surface area contributed by atoms with Gasteiger partial charge < -0.3 is 10.6 Å². The smallest absolute Gasteiger partial charge is 0.348 e. The van der Waals surface area contributed by atoms with Crippen LogP contribution in [-0.2, 0) is 9.59 Å². The number of amides is 2. The first kappa shape index (κ1) is 22.6. The van der Waals surface area contributed by atoms with Gasteiger partial charge in [-0.25, -0.2) is 4.39 Å². The number of alkyl halides is 3. The maximum atomic E-state index is 14.3. The molecule has 32 heavy (non-hydrogen) atoms. The lowest BCUT2D eigenvalue weighted by molar-refractivity contribution is -0.132. The number of benzene rings is 2. The van der Waals surface area contributed by atoms with Crippen LogP contribution in [0.4, 0.5) is 17.6 Å². The fraction of sp³-hybridized carbons (Fsp3) is 0.364. The van der Waals surface area contributed by atoms with E-state index in [1.807, 2.05) is 30.3 Å². The molecule has 5 nitrogen and oxygen atoms in total. The van der Waals surface area contributed by atoms with Crippen LogP contribution in [0.1, 0.15) is 42.6 Å². The normalized spacial score (nSPS) is 22.2. The van der Waals surface area contributed by atoms with Gasteiger partial charge >= 0.3 is 5.51 Å². The SMILES string of the molecule is O=C1CC(C(=O)N[C@@H](c2ccc(SC(F)(F)F)c(F)c2)C2CC2)NC(c2ccccc2)N1. The number of nitrogens with one attached hydrogen (secondary N) is 3. The summed E-state index contributed by atoms with van der Waals surface area (Å²) in [6, 6.07) is 11.4. The van der Waals surface area contributed by atoms with Gasteiger partial charge in [0.15, 0.2) is 0 Å². The quantitative estimate of drug-likeness (QED) is 0.440. The number of halogens is 4. The van der Waals surface area contributed by atoms with Crippen molar-refractivity contribution in [3.8, 4) is 0 Å². The van der Waals surface area contributed by atoms with E-state index in [-0.39, 0.29) is 18.2 Å². The van der Waals surface area contributed by atoms with E-state index in [1.165, 1.54) is 6.07 Å². The van der Waals surface area contributed by atoms with E-state index >= 15 is 0 Å². The third kappa shape index (κ3) is 5.60. The van der Waals surface area contributed by atoms with Crippen LogP contribution >= 0.6 is 11.8 Å². The van der Waals surface area contributed by atoms with Gasteiger partial charge in [-0.15, -0.1) is 0 Å². The van der Waals surface area contributed by atoms with Gasteiger partial charge in [0.2, 0.25) is 11.8 Å². The van der Waals surface area contributed by atoms with Crippen LogP contribution in [0, 0.1) is 11.7 Å². The van der Waals surface area contributed by atoms with Crippen molar-refractivity contribution in [2.75, 3.05) is 0 Å². The van der Waals surface area contributed by atoms with Crippen molar-refractivity contribution in [1.29, 1.82) is 0 Å². The van der Waals surface area contributed by atoms with Gasteiger partial charge in [0, 0.05) is 0 Å². The highest BCUT2D eigenvalue weighted by Crippen LogP contribution is 2.43. The Hall–Kier alpha value is -2.59. The summed E-state index contributed by atoms with van der Waals surface area (Å²) in [6.45, 7) is 0. The first-order valence-electron chi connectivity index (χ1n) is 10.2. The Bertz CT molecular complexity index is 998. The van der Waals surface area contributed by atoms with E-state index in [0.717, 1.165) is 30.5 Å². The topological polar surface area (TPSA) is 70.2 Å². The number of carbonyl (C=O) groups is 2. The Kier molecular flexibility index (Phi) is 6.43. The third-order valence-corrected chi connectivity index (χ3v) is 6.23. The fourth-order valence-corrected chi connectivity index (χ4v) is 4.32. The van der Waals surface area contributed by atoms with Gasteiger partial charge in [0.25, 0.3) is 0 Å². The van der Waals surface area contributed by atoms with Crippen LogP contribution < -0.4 is 16.0 Å². The zero-order valence-electron chi connectivity index (χ0n) is 16.8. The summed E-state index contributed by atoms with van der Waals surface area (Å²) in [5.41, 5.74) is -3.38. The number of hydrogen-bond donors (Lipinski definition) is 3. The molecule has 1 heterocycles. The summed E-state index contributed by atoms with van der Waals surface area (Å²) in [6.07, 6.45) is 1.05. The molecule has 2 aromatic carbocycles. The Morgan fingerprint density at radius 2 is 1.84 bits per heavy atom. The molecule has 1 aliphatic heterocycles. The zero-order valence-corrected chi connectivity index (χ0v) is 17.6. The maximum absolute atomic E-state index is 14.3. The van der Waals surface area contributed by atoms with Crippen molar-refractivity contribution in [3.63, 3.8) is 0 Å². The summed E-state index contributed by atoms with van der Waals surface area (Å²) in [5, 5.41) is 8.79. The van der Waals surface area contributed by atoms with E-state index in [9.17, 15) is 27.2 Å². The third-order valence-electron chi connectivity index (χ3n) is 5.44. The van der Waals surface area contributed by atoms with E-state index in [2.05, 4.69) is 16.0 Å². The largest absolute Gasteiger partial charge is 0.446 e. The van der Waals surface area contributed by atoms with Gasteiger partial charge in [-0.2, -0.15) is 13.2 Å². The Balaban J connectivity index is 1.48. The van der Waals surface area contributed by atoms with Crippen molar-refractivity contribution in [2.24, 2.45) is 5.92 Å². The predicted octanol–water partition coefficient (Wildman–Crippen LogP) is 4.18. The molecule has 2 unspecified atom stereocenters. The second-order valence-corrected chi connectivity index (χ2v) is 9.00. The predicted molar refractivity (Wildman–Crippen MR) is 111 cm³/mol. The van der Waals surface area contributed by atoms with Crippen LogP contribution in [0.5, 0.6) is 0 Å². The summed E-state index contributed by atoms with van der Waals surface area (Å²) >= 11 is -0.510. The minimum atomic E-state index is -4.59. The van der Waals surface area contributed by atoms with E-state index in [0.29, 0.717) is 5.56 Å². The van der Waals surface area contributed by atoms with Crippen molar-refractivity contribution in [1.82, 2.24) is 16.0 Å². The van der Waals surface area contributed by atoms with Crippen LogP contribution in [-0.4, -0.2) is 23.4 Å². The van der Waals surface area contributed by atoms with Crippen LogP contribution in [0.15, 0.2) is 53.4 Å². The van der Waals surface area contributed by atoms with Crippen molar-refractivity contribution in [2.45, 2.75) is 47.9 Å². The molecular weight excluding hydrogens is 446 g/mol. The molecule has 2 aliphatic rings. The molecule has 0 spiro atoms. The highest BCUT2D eigenvalue weighted by atomic mass is 32.2. The summed E-state index contributed by atoms with van der Waals surface area (Å²) in [7, 11) is 0. The molecule has 0 radical (unpaired) electrons. The number of rotatable bonds is 6. The molecule has 0 aromatic heterocycles. The second-order valence-electron chi connectivity index (χ2n) is 7.90. The lowest BCUT2D eigenvalue weighted by Crippen LogP contribution is -2.56. The molecule has 1 aliphatic carbocycles. The summed E-state index contributed by atoms with van der Waals surface area (Å²) in [5.74, 6) is -1.60. The highest BCUT2D eigenvalue weighted by Gasteiger charge is 2.38. The lowest BCUT2D eigenvalue weighted by Gasteiger charge is -2.32. The van der Waals surface area contributed by atoms with Gasteiger partial charge in [-0.05, 0) is 53.8 Å². The average Bonchev–Trinajstić information content (AvgIpc) is 3.58. The molecule has 2 aromatic rings. The molecular formula is C22H21F4N3O2S. The zero-order chi connectivity index (χ0) is 22.9. The average molecular weight is 467 g/mol. The van der Waals surface area contributed by atoms with E-state index in [1.54, 1.807) is 0 Å². The Morgan fingerprint density at radius 3 is 2.47 bits per heavy atom. The molecule has 3 N–H and O–H groups in total. The fourth-order valence-electron chi connectivity index (χ4n) is 3.78. The van der Waals surface area contributed by atoms with Gasteiger partial charge in [-0.1, -0.05) is 36.4 Å². The van der Waals surface area contributed by atoms with Gasteiger partial charge in [0.1, 0.15) is 12.0 Å². The van der Waals surface area contributed by atoms with Crippen molar-refractivity contribution < 1.29 is 27.2 Å². The van der Waals surface area contributed by atoms with Crippen molar-refractivity contribution >= 4 is 23.6 Å². The molecule has 0 bridgehead atoms. The molecule has 2 amide bonds. The lowest BCUT2D eigenvalue weighted by atomic mass is 10.00. The molecule has 2 fully saturated rings. The molecule has 1 saturated heterocycles. The first-order chi connectivity index (χ1) is 15.2. The number of thioether (sulfide) groups is 1. The molecule has 10 heteroatoms. The molecule has 3 atom stereocenters. The van der Waals surface area contributed by atoms with Crippen LogP contribution in [0.25, 0.3) is 0 Å². The highest BCUT2D eigenvalue weighted by molar-refractivity contribution is 8.00.